The van der Waals surface area contributed by atoms with Crippen molar-refractivity contribution in [1.82, 2.24) is 24.8 Å². The molecule has 2 unspecified atom stereocenters. The number of morpholine rings is 1. The van der Waals surface area contributed by atoms with Crippen LogP contribution in [0.3, 0.4) is 0 Å². The van der Waals surface area contributed by atoms with Gasteiger partial charge in [-0.15, -0.1) is 24.0 Å². The smallest absolute Gasteiger partial charge is 0.194 e. The van der Waals surface area contributed by atoms with Gasteiger partial charge in [0.2, 0.25) is 0 Å². The van der Waals surface area contributed by atoms with Crippen molar-refractivity contribution in [2.45, 2.75) is 25.7 Å². The number of ether oxygens (including phenoxy) is 1. The van der Waals surface area contributed by atoms with Gasteiger partial charge in [-0.1, -0.05) is 12.1 Å². The highest BCUT2D eigenvalue weighted by atomic mass is 127. The van der Waals surface area contributed by atoms with Crippen molar-refractivity contribution in [2.75, 3.05) is 20.1 Å². The van der Waals surface area contributed by atoms with Gasteiger partial charge in [0.05, 0.1) is 12.6 Å². The number of hydrogen-bond acceptors (Lipinski definition) is 4. The summed E-state index contributed by atoms with van der Waals surface area (Å²) in [5.74, 6) is 1.38. The van der Waals surface area contributed by atoms with E-state index in [0.29, 0.717) is 13.1 Å². The summed E-state index contributed by atoms with van der Waals surface area (Å²) in [6.07, 6.45) is 7.00. The lowest BCUT2D eigenvalue weighted by atomic mass is 10.1. The number of imidazole rings is 1. The number of nitrogens with zero attached hydrogens (tertiary/aromatic N) is 5. The van der Waals surface area contributed by atoms with Crippen LogP contribution in [0.1, 0.15) is 24.2 Å². The van der Waals surface area contributed by atoms with Crippen LogP contribution in [0.5, 0.6) is 0 Å². The van der Waals surface area contributed by atoms with E-state index >= 15 is 0 Å². The summed E-state index contributed by atoms with van der Waals surface area (Å²) in [5.41, 5.74) is 2.05. The Bertz CT molecular complexity index is 996. The Hall–Kier alpha value is -2.53. The van der Waals surface area contributed by atoms with Crippen LogP contribution in [0.15, 0.2) is 66.3 Å². The van der Waals surface area contributed by atoms with E-state index in [1.54, 1.807) is 37.9 Å². The summed E-state index contributed by atoms with van der Waals surface area (Å²) in [7, 11) is 1.78. The largest absolute Gasteiger partial charge is 0.367 e. The van der Waals surface area contributed by atoms with E-state index in [9.17, 15) is 4.39 Å². The number of aromatic nitrogens is 3. The lowest BCUT2D eigenvalue weighted by molar-refractivity contribution is -0.0605. The molecule has 1 aromatic carbocycles. The summed E-state index contributed by atoms with van der Waals surface area (Å²) in [4.78, 5) is 15.1. The Morgan fingerprint density at radius 1 is 1.23 bits per heavy atom. The highest BCUT2D eigenvalue weighted by Gasteiger charge is 2.28. The minimum Gasteiger partial charge on any atom is -0.367 e. The number of hydrogen-bond donors (Lipinski definition) is 1. The Morgan fingerprint density at radius 3 is 2.74 bits per heavy atom. The van der Waals surface area contributed by atoms with Gasteiger partial charge in [0.25, 0.3) is 0 Å². The molecule has 0 radical (unpaired) electrons. The summed E-state index contributed by atoms with van der Waals surface area (Å²) < 4.78 is 21.2. The van der Waals surface area contributed by atoms with Gasteiger partial charge in [-0.3, -0.25) is 9.56 Å². The minimum absolute atomic E-state index is 0. The third-order valence-corrected chi connectivity index (χ3v) is 5.04. The first-order chi connectivity index (χ1) is 14.6. The zero-order chi connectivity index (χ0) is 20.9. The van der Waals surface area contributed by atoms with E-state index in [1.165, 1.54) is 12.1 Å². The topological polar surface area (TPSA) is 67.6 Å². The average molecular weight is 536 g/mol. The molecule has 3 heterocycles. The van der Waals surface area contributed by atoms with Crippen LogP contribution in [-0.2, 0) is 11.3 Å². The summed E-state index contributed by atoms with van der Waals surface area (Å²) in [6, 6.07) is 10.5. The van der Waals surface area contributed by atoms with E-state index in [1.807, 2.05) is 29.8 Å². The zero-order valence-electron chi connectivity index (χ0n) is 17.5. The second-order valence-electron chi connectivity index (χ2n) is 7.28. The van der Waals surface area contributed by atoms with Crippen molar-refractivity contribution in [3.63, 3.8) is 0 Å². The molecule has 2 atom stereocenters. The van der Waals surface area contributed by atoms with Crippen molar-refractivity contribution >= 4 is 29.9 Å². The van der Waals surface area contributed by atoms with Gasteiger partial charge in [0.15, 0.2) is 5.96 Å². The maximum atomic E-state index is 13.3. The third kappa shape index (κ3) is 5.79. The van der Waals surface area contributed by atoms with Crippen molar-refractivity contribution in [3.05, 3.63) is 78.3 Å². The molecule has 1 saturated heterocycles. The van der Waals surface area contributed by atoms with Gasteiger partial charge in [-0.05, 0) is 42.3 Å². The molecule has 0 bridgehead atoms. The fourth-order valence-electron chi connectivity index (χ4n) is 3.61. The van der Waals surface area contributed by atoms with Gasteiger partial charge in [-0.25, -0.2) is 14.4 Å². The van der Waals surface area contributed by atoms with E-state index in [2.05, 4.69) is 25.2 Å². The van der Waals surface area contributed by atoms with Crippen molar-refractivity contribution in [2.24, 2.45) is 4.99 Å². The fraction of sp³-hybridized carbons (Fsp3) is 0.318. The van der Waals surface area contributed by atoms with Gasteiger partial charge >= 0.3 is 0 Å². The number of benzene rings is 1. The lowest BCUT2D eigenvalue weighted by Crippen LogP contribution is -2.50. The first-order valence-electron chi connectivity index (χ1n) is 9.92. The molecule has 31 heavy (non-hydrogen) atoms. The first kappa shape index (κ1) is 23.1. The van der Waals surface area contributed by atoms with Crippen LogP contribution in [0, 0.1) is 5.82 Å². The highest BCUT2D eigenvalue weighted by Crippen LogP contribution is 2.25. The number of aliphatic imine (C=N–C) groups is 1. The number of guanidine groups is 1. The van der Waals surface area contributed by atoms with Gasteiger partial charge in [0.1, 0.15) is 24.1 Å². The van der Waals surface area contributed by atoms with Crippen molar-refractivity contribution < 1.29 is 9.13 Å². The molecule has 9 heteroatoms. The molecule has 3 aromatic rings. The molecule has 0 saturated carbocycles. The van der Waals surface area contributed by atoms with E-state index < -0.39 is 0 Å². The quantitative estimate of drug-likeness (QED) is 0.314. The van der Waals surface area contributed by atoms with E-state index in [0.717, 1.165) is 29.4 Å². The number of rotatable bonds is 4. The number of nitrogens with one attached hydrogen (secondary N) is 1. The molecule has 2 aromatic heterocycles. The van der Waals surface area contributed by atoms with Crippen molar-refractivity contribution in [1.29, 1.82) is 0 Å². The maximum Gasteiger partial charge on any atom is 0.194 e. The number of pyridine rings is 1. The highest BCUT2D eigenvalue weighted by molar-refractivity contribution is 14.0. The second-order valence-corrected chi connectivity index (χ2v) is 7.28. The van der Waals surface area contributed by atoms with Crippen LogP contribution in [0.2, 0.25) is 0 Å². The molecule has 1 aliphatic rings. The van der Waals surface area contributed by atoms with Crippen LogP contribution in [0.4, 0.5) is 4.39 Å². The fourth-order valence-corrected chi connectivity index (χ4v) is 3.61. The molecule has 1 N–H and O–H groups in total. The summed E-state index contributed by atoms with van der Waals surface area (Å²) in [5, 5.41) is 3.44. The molecular formula is C22H26FIN6O. The Kier molecular flexibility index (Phi) is 7.97. The monoisotopic (exact) mass is 536 g/mol. The molecule has 164 valence electrons. The Labute approximate surface area is 198 Å². The normalized spacial score (nSPS) is 19.1. The molecule has 1 fully saturated rings. The molecule has 0 spiro atoms. The standard InChI is InChI=1S/C22H25FN6O.HI/c1-16-13-29(14-20(30-16)18-3-5-19(23)6-4-18)22(24-2)27-12-17-7-8-26-21(11-17)28-10-9-25-15-28;/h3-11,15-16,20H,12-14H2,1-2H3,(H,24,27);1H. The van der Waals surface area contributed by atoms with Crippen LogP contribution >= 0.6 is 24.0 Å². The molecule has 4 rings (SSSR count). The average Bonchev–Trinajstić information content (AvgIpc) is 3.30. The maximum absolute atomic E-state index is 13.3. The lowest BCUT2D eigenvalue weighted by Gasteiger charge is -2.38. The second kappa shape index (κ2) is 10.7. The minimum atomic E-state index is -0.246. The molecule has 1 aliphatic heterocycles. The predicted octanol–water partition coefficient (Wildman–Crippen LogP) is 3.56. The molecule has 0 aliphatic carbocycles. The van der Waals surface area contributed by atoms with Crippen molar-refractivity contribution in [3.8, 4) is 5.82 Å². The first-order valence-corrected chi connectivity index (χ1v) is 9.92. The third-order valence-electron chi connectivity index (χ3n) is 5.04. The summed E-state index contributed by atoms with van der Waals surface area (Å²) >= 11 is 0. The Morgan fingerprint density at radius 2 is 2.03 bits per heavy atom. The number of halogens is 2. The Balaban J connectivity index is 0.00000272. The van der Waals surface area contributed by atoms with Gasteiger partial charge in [0, 0.05) is 38.7 Å². The van der Waals surface area contributed by atoms with E-state index in [-0.39, 0.29) is 42.0 Å². The SMILES string of the molecule is CN=C(NCc1ccnc(-n2ccnc2)c1)N1CC(C)OC(c2ccc(F)cc2)C1.I. The van der Waals surface area contributed by atoms with Crippen LogP contribution < -0.4 is 5.32 Å². The van der Waals surface area contributed by atoms with E-state index in [4.69, 9.17) is 4.74 Å². The summed E-state index contributed by atoms with van der Waals surface area (Å²) in [6.45, 7) is 4.03. The van der Waals surface area contributed by atoms with Crippen LogP contribution in [0.25, 0.3) is 5.82 Å². The molecule has 0 amide bonds. The molecule has 7 nitrogen and oxygen atoms in total. The van der Waals surface area contributed by atoms with Gasteiger partial charge in [-0.2, -0.15) is 0 Å². The van der Waals surface area contributed by atoms with Gasteiger partial charge < -0.3 is 15.0 Å². The van der Waals surface area contributed by atoms with Crippen LogP contribution in [-0.4, -0.2) is 51.6 Å². The molecular weight excluding hydrogens is 510 g/mol. The zero-order valence-corrected chi connectivity index (χ0v) is 19.8. The predicted molar refractivity (Wildman–Crippen MR) is 128 cm³/mol.